The number of aliphatic hydroxyl groups excluding tert-OH is 1. The third-order valence-electron chi connectivity index (χ3n) is 3.12. The zero-order valence-corrected chi connectivity index (χ0v) is 9.94. The van der Waals surface area contributed by atoms with Crippen molar-refractivity contribution >= 4 is 0 Å². The Morgan fingerprint density at radius 3 is 2.38 bits per heavy atom. The molecule has 1 unspecified atom stereocenters. The van der Waals surface area contributed by atoms with Gasteiger partial charge in [-0.2, -0.15) is 0 Å². The highest BCUT2D eigenvalue weighted by molar-refractivity contribution is 5.29. The summed E-state index contributed by atoms with van der Waals surface area (Å²) in [5, 5.41) is 9.30. The van der Waals surface area contributed by atoms with Gasteiger partial charge in [0.15, 0.2) is 0 Å². The molecule has 0 saturated carbocycles. The van der Waals surface area contributed by atoms with Gasteiger partial charge in [-0.05, 0) is 26.8 Å². The van der Waals surface area contributed by atoms with Crippen LogP contribution in [0.2, 0.25) is 0 Å². The van der Waals surface area contributed by atoms with E-state index >= 15 is 0 Å². The van der Waals surface area contributed by atoms with Crippen LogP contribution in [-0.2, 0) is 0 Å². The average Bonchev–Trinajstić information content (AvgIpc) is 2.92. The lowest BCUT2D eigenvalue weighted by Crippen LogP contribution is -2.28. The van der Waals surface area contributed by atoms with Gasteiger partial charge in [-0.1, -0.05) is 18.2 Å². The van der Waals surface area contributed by atoms with E-state index < -0.39 is 0 Å². The first-order chi connectivity index (χ1) is 7.46. The summed E-state index contributed by atoms with van der Waals surface area (Å²) in [5.41, 5.74) is 0.650. The minimum atomic E-state index is -0.183. The molecule has 1 aliphatic rings. The van der Waals surface area contributed by atoms with Crippen LogP contribution in [0.15, 0.2) is 24.3 Å². The fourth-order valence-corrected chi connectivity index (χ4v) is 2.45. The molecule has 0 aliphatic carbocycles. The normalized spacial score (nSPS) is 29.2. The quantitative estimate of drug-likeness (QED) is 0.778. The first-order valence-electron chi connectivity index (χ1n) is 5.60. The van der Waals surface area contributed by atoms with Crippen LogP contribution in [0, 0.1) is 5.82 Å². The molecule has 1 saturated heterocycles. The highest BCUT2D eigenvalue weighted by Gasteiger charge is 2.53. The molecule has 0 aromatic heterocycles. The summed E-state index contributed by atoms with van der Waals surface area (Å²) in [7, 11) is 0. The third-order valence-corrected chi connectivity index (χ3v) is 3.12. The maximum absolute atomic E-state index is 13.6. The van der Waals surface area contributed by atoms with Gasteiger partial charge in [0, 0.05) is 11.1 Å². The van der Waals surface area contributed by atoms with Crippen molar-refractivity contribution in [3.05, 3.63) is 35.6 Å². The molecule has 1 aromatic carbocycles. The number of halogens is 1. The van der Waals surface area contributed by atoms with E-state index in [0.717, 1.165) is 0 Å². The predicted octanol–water partition coefficient (Wildman–Crippen LogP) is 2.34. The van der Waals surface area contributed by atoms with E-state index in [2.05, 4.69) is 25.7 Å². The molecular formula is C13H18FNO. The summed E-state index contributed by atoms with van der Waals surface area (Å²) in [6.07, 6.45) is 0. The second kappa shape index (κ2) is 3.82. The molecule has 3 atom stereocenters. The van der Waals surface area contributed by atoms with Crippen molar-refractivity contribution in [2.24, 2.45) is 0 Å². The summed E-state index contributed by atoms with van der Waals surface area (Å²) in [5.74, 6) is -0.183. The summed E-state index contributed by atoms with van der Waals surface area (Å²) in [6, 6.07) is 6.88. The van der Waals surface area contributed by atoms with Gasteiger partial charge >= 0.3 is 0 Å². The van der Waals surface area contributed by atoms with Crippen LogP contribution in [0.4, 0.5) is 4.39 Å². The number of aliphatic hydroxyl groups is 1. The van der Waals surface area contributed by atoms with E-state index in [0.29, 0.717) is 5.56 Å². The van der Waals surface area contributed by atoms with Crippen LogP contribution in [0.25, 0.3) is 0 Å². The van der Waals surface area contributed by atoms with Crippen LogP contribution < -0.4 is 0 Å². The molecule has 1 aromatic rings. The van der Waals surface area contributed by atoms with E-state index in [1.165, 1.54) is 6.07 Å². The second-order valence-corrected chi connectivity index (χ2v) is 5.29. The van der Waals surface area contributed by atoms with Gasteiger partial charge in [0.05, 0.1) is 18.7 Å². The van der Waals surface area contributed by atoms with E-state index in [1.54, 1.807) is 12.1 Å². The van der Waals surface area contributed by atoms with Crippen molar-refractivity contribution in [1.82, 2.24) is 4.90 Å². The van der Waals surface area contributed by atoms with E-state index in [1.807, 2.05) is 6.07 Å². The van der Waals surface area contributed by atoms with Crippen molar-refractivity contribution < 1.29 is 9.50 Å². The molecule has 2 rings (SSSR count). The highest BCUT2D eigenvalue weighted by atomic mass is 19.1. The van der Waals surface area contributed by atoms with Crippen LogP contribution in [0.3, 0.4) is 0 Å². The largest absolute Gasteiger partial charge is 0.395 e. The molecule has 0 bridgehead atoms. The smallest absolute Gasteiger partial charge is 0.128 e. The number of rotatable bonds is 2. The Morgan fingerprint density at radius 1 is 1.31 bits per heavy atom. The lowest BCUT2D eigenvalue weighted by Gasteiger charge is -2.22. The van der Waals surface area contributed by atoms with E-state index in [4.69, 9.17) is 0 Å². The van der Waals surface area contributed by atoms with Crippen molar-refractivity contribution in [2.75, 3.05) is 6.61 Å². The summed E-state index contributed by atoms with van der Waals surface area (Å²) < 4.78 is 13.6. The van der Waals surface area contributed by atoms with E-state index in [-0.39, 0.29) is 30.0 Å². The maximum atomic E-state index is 13.6. The fourth-order valence-electron chi connectivity index (χ4n) is 2.45. The molecule has 0 radical (unpaired) electrons. The summed E-state index contributed by atoms with van der Waals surface area (Å²) in [4.78, 5) is 2.14. The molecule has 2 nitrogen and oxygen atoms in total. The lowest BCUT2D eigenvalue weighted by molar-refractivity contribution is 0.220. The average molecular weight is 223 g/mol. The lowest BCUT2D eigenvalue weighted by atomic mass is 10.1. The topological polar surface area (TPSA) is 23.2 Å². The number of hydrogen-bond acceptors (Lipinski definition) is 2. The minimum Gasteiger partial charge on any atom is -0.395 e. The Bertz CT molecular complexity index is 386. The van der Waals surface area contributed by atoms with Gasteiger partial charge in [-0.3, -0.25) is 4.90 Å². The molecular weight excluding hydrogens is 205 g/mol. The molecule has 16 heavy (non-hydrogen) atoms. The second-order valence-electron chi connectivity index (χ2n) is 5.29. The Hall–Kier alpha value is -0.930. The molecule has 3 heteroatoms. The molecule has 1 heterocycles. The zero-order valence-electron chi connectivity index (χ0n) is 9.94. The van der Waals surface area contributed by atoms with Crippen molar-refractivity contribution in [2.45, 2.75) is 38.4 Å². The zero-order chi connectivity index (χ0) is 11.9. The van der Waals surface area contributed by atoms with Gasteiger partial charge < -0.3 is 5.11 Å². The first-order valence-corrected chi connectivity index (χ1v) is 5.60. The molecule has 0 spiro atoms. The number of hydrogen-bond donors (Lipinski definition) is 1. The molecule has 88 valence electrons. The molecule has 1 fully saturated rings. The Labute approximate surface area is 95.7 Å². The third kappa shape index (κ3) is 1.85. The van der Waals surface area contributed by atoms with Gasteiger partial charge in [-0.15, -0.1) is 0 Å². The minimum absolute atomic E-state index is 0.0196. The number of nitrogens with zero attached hydrogens (tertiary/aromatic N) is 1. The van der Waals surface area contributed by atoms with Crippen LogP contribution >= 0.6 is 0 Å². The highest BCUT2D eigenvalue weighted by Crippen LogP contribution is 2.48. The summed E-state index contributed by atoms with van der Waals surface area (Å²) in [6.45, 7) is 6.32. The van der Waals surface area contributed by atoms with Gasteiger partial charge in [-0.25, -0.2) is 4.39 Å². The maximum Gasteiger partial charge on any atom is 0.128 e. The first kappa shape index (κ1) is 11.6. The SMILES string of the molecule is CC(C)(C)N1[C@H](CO)[C@@H]1c1ccccc1F. The van der Waals surface area contributed by atoms with Gasteiger partial charge in [0.25, 0.3) is 0 Å². The standard InChI is InChI=1S/C13H18FNO/c1-13(2,3)15-11(8-16)12(15)9-6-4-5-7-10(9)14/h4-7,11-12,16H,8H2,1-3H3/t11-,12+,15?/m1/s1. The van der Waals surface area contributed by atoms with Gasteiger partial charge in [0.2, 0.25) is 0 Å². The summed E-state index contributed by atoms with van der Waals surface area (Å²) >= 11 is 0. The molecule has 1 aliphatic heterocycles. The van der Waals surface area contributed by atoms with E-state index in [9.17, 15) is 9.50 Å². The molecule has 0 amide bonds. The monoisotopic (exact) mass is 223 g/mol. The predicted molar refractivity (Wildman–Crippen MR) is 61.6 cm³/mol. The van der Waals surface area contributed by atoms with Crippen molar-refractivity contribution in [3.63, 3.8) is 0 Å². The van der Waals surface area contributed by atoms with Crippen LogP contribution in [0.1, 0.15) is 32.4 Å². The number of benzene rings is 1. The molecule has 1 N–H and O–H groups in total. The Balaban J connectivity index is 2.27. The van der Waals surface area contributed by atoms with Crippen molar-refractivity contribution in [3.8, 4) is 0 Å². The Kier molecular flexibility index (Phi) is 2.76. The Morgan fingerprint density at radius 2 is 1.94 bits per heavy atom. The fraction of sp³-hybridized carbons (Fsp3) is 0.538. The van der Waals surface area contributed by atoms with Crippen molar-refractivity contribution in [1.29, 1.82) is 0 Å². The van der Waals surface area contributed by atoms with Crippen LogP contribution in [0.5, 0.6) is 0 Å². The van der Waals surface area contributed by atoms with Gasteiger partial charge in [0.1, 0.15) is 5.82 Å². The van der Waals surface area contributed by atoms with Crippen LogP contribution in [-0.4, -0.2) is 28.2 Å².